The maximum atomic E-state index is 12.1. The third-order valence-corrected chi connectivity index (χ3v) is 5.99. The van der Waals surface area contributed by atoms with E-state index in [-0.39, 0.29) is 23.6 Å². The minimum Gasteiger partial charge on any atom is -0.351 e. The summed E-state index contributed by atoms with van der Waals surface area (Å²) in [5.41, 5.74) is 1.75. The van der Waals surface area contributed by atoms with Crippen LogP contribution in [0, 0.1) is 0 Å². The second-order valence-corrected chi connectivity index (χ2v) is 9.09. The molecule has 0 aromatic heterocycles. The van der Waals surface area contributed by atoms with Gasteiger partial charge < -0.3 is 5.32 Å². The van der Waals surface area contributed by atoms with Gasteiger partial charge in [-0.15, -0.1) is 0 Å². The van der Waals surface area contributed by atoms with Crippen molar-refractivity contribution in [2.45, 2.75) is 39.0 Å². The Labute approximate surface area is 139 Å². The summed E-state index contributed by atoms with van der Waals surface area (Å²) in [6.45, 7) is 7.69. The number of nitrogens with zero attached hydrogens (tertiary/aromatic N) is 1. The highest BCUT2D eigenvalue weighted by Gasteiger charge is 2.24. The predicted octanol–water partition coefficient (Wildman–Crippen LogP) is 2.14. The van der Waals surface area contributed by atoms with Gasteiger partial charge in [0.25, 0.3) is 5.91 Å². The lowest BCUT2D eigenvalue weighted by Crippen LogP contribution is -2.36. The third-order valence-electron chi connectivity index (χ3n) is 4.12. The molecule has 0 atom stereocenters. The standard InChI is InChI=1S/C17H26N2O3S/c1-17(2,3)15-8-6-14(7-9-15)16(20)18-10-13-23(21,22)19-11-4-5-12-19/h6-9H,4-5,10-13H2,1-3H3,(H,18,20). The molecule has 0 radical (unpaired) electrons. The molecule has 1 saturated heterocycles. The van der Waals surface area contributed by atoms with Crippen LogP contribution in [0.5, 0.6) is 0 Å². The Morgan fingerprint density at radius 3 is 2.22 bits per heavy atom. The Morgan fingerprint density at radius 1 is 1.13 bits per heavy atom. The van der Waals surface area contributed by atoms with Gasteiger partial charge in [0.15, 0.2) is 0 Å². The number of nitrogens with one attached hydrogen (secondary N) is 1. The largest absolute Gasteiger partial charge is 0.351 e. The van der Waals surface area contributed by atoms with E-state index in [1.54, 1.807) is 12.1 Å². The molecule has 1 aliphatic heterocycles. The van der Waals surface area contributed by atoms with Crippen molar-refractivity contribution in [1.82, 2.24) is 9.62 Å². The fraction of sp³-hybridized carbons (Fsp3) is 0.588. The van der Waals surface area contributed by atoms with Crippen LogP contribution in [0.3, 0.4) is 0 Å². The van der Waals surface area contributed by atoms with E-state index >= 15 is 0 Å². The molecule has 1 aromatic carbocycles. The molecular formula is C17H26N2O3S. The fourth-order valence-corrected chi connectivity index (χ4v) is 4.05. The number of hydrogen-bond acceptors (Lipinski definition) is 3. The minimum atomic E-state index is -3.25. The van der Waals surface area contributed by atoms with Crippen LogP contribution in [0.1, 0.15) is 49.5 Å². The van der Waals surface area contributed by atoms with E-state index < -0.39 is 10.0 Å². The average Bonchev–Trinajstić information content (AvgIpc) is 3.01. The summed E-state index contributed by atoms with van der Waals surface area (Å²) in [6.07, 6.45) is 1.84. The molecule has 0 unspecified atom stereocenters. The smallest absolute Gasteiger partial charge is 0.251 e. The first kappa shape index (κ1) is 17.9. The molecule has 1 aliphatic rings. The Hall–Kier alpha value is -1.40. The fourth-order valence-electron chi connectivity index (χ4n) is 2.61. The summed E-state index contributed by atoms with van der Waals surface area (Å²) < 4.78 is 25.7. The zero-order valence-electron chi connectivity index (χ0n) is 14.1. The first-order chi connectivity index (χ1) is 10.7. The van der Waals surface area contributed by atoms with E-state index in [0.717, 1.165) is 18.4 Å². The summed E-state index contributed by atoms with van der Waals surface area (Å²) >= 11 is 0. The summed E-state index contributed by atoms with van der Waals surface area (Å²) in [5, 5.41) is 2.69. The molecule has 0 bridgehead atoms. The van der Waals surface area contributed by atoms with Crippen LogP contribution in [-0.2, 0) is 15.4 Å². The molecule has 0 saturated carbocycles. The molecule has 1 fully saturated rings. The molecule has 128 valence electrons. The van der Waals surface area contributed by atoms with Gasteiger partial charge in [0, 0.05) is 25.2 Å². The monoisotopic (exact) mass is 338 g/mol. The Morgan fingerprint density at radius 2 is 1.70 bits per heavy atom. The first-order valence-electron chi connectivity index (χ1n) is 8.07. The number of carbonyl (C=O) groups is 1. The van der Waals surface area contributed by atoms with E-state index in [9.17, 15) is 13.2 Å². The Balaban J connectivity index is 1.87. The van der Waals surface area contributed by atoms with Gasteiger partial charge in [-0.25, -0.2) is 12.7 Å². The summed E-state index contributed by atoms with van der Waals surface area (Å²) in [7, 11) is -3.25. The molecule has 23 heavy (non-hydrogen) atoms. The highest BCUT2D eigenvalue weighted by atomic mass is 32.2. The highest BCUT2D eigenvalue weighted by Crippen LogP contribution is 2.22. The van der Waals surface area contributed by atoms with Gasteiger partial charge in [-0.3, -0.25) is 4.79 Å². The van der Waals surface area contributed by atoms with Crippen molar-refractivity contribution < 1.29 is 13.2 Å². The molecule has 1 aromatic rings. The molecule has 1 N–H and O–H groups in total. The van der Waals surface area contributed by atoms with Crippen LogP contribution in [0.25, 0.3) is 0 Å². The lowest BCUT2D eigenvalue weighted by Gasteiger charge is -2.19. The van der Waals surface area contributed by atoms with Gasteiger partial charge in [-0.05, 0) is 36.0 Å². The van der Waals surface area contributed by atoms with Crippen molar-refractivity contribution in [3.63, 3.8) is 0 Å². The first-order valence-corrected chi connectivity index (χ1v) is 9.68. The lowest BCUT2D eigenvalue weighted by molar-refractivity contribution is 0.0956. The van der Waals surface area contributed by atoms with Gasteiger partial charge in [0.1, 0.15) is 0 Å². The minimum absolute atomic E-state index is 0.0405. The van der Waals surface area contributed by atoms with E-state index in [2.05, 4.69) is 26.1 Å². The maximum Gasteiger partial charge on any atom is 0.251 e. The quantitative estimate of drug-likeness (QED) is 0.894. The van der Waals surface area contributed by atoms with Crippen LogP contribution in [0.2, 0.25) is 0 Å². The molecule has 2 rings (SSSR count). The number of amides is 1. The number of rotatable bonds is 5. The zero-order valence-corrected chi connectivity index (χ0v) is 14.9. The molecule has 0 aliphatic carbocycles. The van der Waals surface area contributed by atoms with Crippen molar-refractivity contribution in [2.24, 2.45) is 0 Å². The van der Waals surface area contributed by atoms with Crippen LogP contribution >= 0.6 is 0 Å². The summed E-state index contributed by atoms with van der Waals surface area (Å²) in [5.74, 6) is -0.277. The molecule has 1 heterocycles. The number of carbonyl (C=O) groups excluding carboxylic acids is 1. The Bertz CT molecular complexity index is 639. The van der Waals surface area contributed by atoms with Crippen LogP contribution in [0.4, 0.5) is 0 Å². The van der Waals surface area contributed by atoms with Crippen LogP contribution in [0.15, 0.2) is 24.3 Å². The normalized spacial score (nSPS) is 16.5. The van der Waals surface area contributed by atoms with E-state index in [4.69, 9.17) is 0 Å². The summed E-state index contributed by atoms with van der Waals surface area (Å²) in [4.78, 5) is 12.1. The van der Waals surface area contributed by atoms with Gasteiger partial charge >= 0.3 is 0 Å². The van der Waals surface area contributed by atoms with Crippen LogP contribution in [-0.4, -0.2) is 44.0 Å². The predicted molar refractivity (Wildman–Crippen MR) is 92.1 cm³/mol. The van der Waals surface area contributed by atoms with Gasteiger partial charge in [0.2, 0.25) is 10.0 Å². The van der Waals surface area contributed by atoms with Crippen molar-refractivity contribution >= 4 is 15.9 Å². The summed E-state index contributed by atoms with van der Waals surface area (Å²) in [6, 6.07) is 7.45. The van der Waals surface area contributed by atoms with Crippen molar-refractivity contribution in [3.05, 3.63) is 35.4 Å². The number of sulfonamides is 1. The second kappa shape index (κ2) is 7.01. The molecule has 0 spiro atoms. The molecule has 5 nitrogen and oxygen atoms in total. The maximum absolute atomic E-state index is 12.1. The molecular weight excluding hydrogens is 312 g/mol. The van der Waals surface area contributed by atoms with Crippen LogP contribution < -0.4 is 5.32 Å². The van der Waals surface area contributed by atoms with Gasteiger partial charge in [-0.1, -0.05) is 32.9 Å². The Kier molecular flexibility index (Phi) is 5.47. The SMILES string of the molecule is CC(C)(C)c1ccc(C(=O)NCCS(=O)(=O)N2CCCC2)cc1. The second-order valence-electron chi connectivity index (χ2n) is 7.01. The van der Waals surface area contributed by atoms with Crippen molar-refractivity contribution in [3.8, 4) is 0 Å². The number of hydrogen-bond donors (Lipinski definition) is 1. The zero-order chi connectivity index (χ0) is 17.1. The van der Waals surface area contributed by atoms with E-state index in [0.29, 0.717) is 18.7 Å². The van der Waals surface area contributed by atoms with E-state index in [1.807, 2.05) is 12.1 Å². The topological polar surface area (TPSA) is 66.5 Å². The number of benzene rings is 1. The van der Waals surface area contributed by atoms with E-state index in [1.165, 1.54) is 4.31 Å². The van der Waals surface area contributed by atoms with Gasteiger partial charge in [-0.2, -0.15) is 0 Å². The average molecular weight is 338 g/mol. The van der Waals surface area contributed by atoms with Crippen molar-refractivity contribution in [2.75, 3.05) is 25.4 Å². The molecule has 1 amide bonds. The van der Waals surface area contributed by atoms with Crippen molar-refractivity contribution in [1.29, 1.82) is 0 Å². The third kappa shape index (κ3) is 4.78. The van der Waals surface area contributed by atoms with Gasteiger partial charge in [0.05, 0.1) is 5.75 Å². The lowest BCUT2D eigenvalue weighted by atomic mass is 9.87. The molecule has 6 heteroatoms. The highest BCUT2D eigenvalue weighted by molar-refractivity contribution is 7.89.